The van der Waals surface area contributed by atoms with Gasteiger partial charge in [0, 0.05) is 10.7 Å². The van der Waals surface area contributed by atoms with Crippen LogP contribution >= 0.6 is 34.2 Å². The molecule has 0 aromatic heterocycles. The second-order valence-electron chi connectivity index (χ2n) is 8.27. The van der Waals surface area contributed by atoms with Crippen LogP contribution in [0.5, 0.6) is 0 Å². The Hall–Kier alpha value is -0.750. The lowest BCUT2D eigenvalue weighted by atomic mass is 10.2. The topological polar surface area (TPSA) is 97.7 Å². The summed E-state index contributed by atoms with van der Waals surface area (Å²) >= 11 is 3.79. The van der Waals surface area contributed by atoms with Crippen LogP contribution in [0, 0.1) is 13.8 Å². The van der Waals surface area contributed by atoms with E-state index in [4.69, 9.17) is 20.0 Å². The Balaban J connectivity index is 0.000000205. The van der Waals surface area contributed by atoms with Crippen molar-refractivity contribution >= 4 is 53.4 Å². The Morgan fingerprint density at radius 2 is 1.14 bits per heavy atom. The molecular weight excluding hydrogens is 548 g/mol. The van der Waals surface area contributed by atoms with Gasteiger partial charge in [-0.3, -0.25) is 4.18 Å². The van der Waals surface area contributed by atoms with Gasteiger partial charge >= 0.3 is 0 Å². The van der Waals surface area contributed by atoms with Crippen molar-refractivity contribution in [3.63, 3.8) is 0 Å². The normalized spacial score (nSPS) is 17.5. The highest BCUT2D eigenvalue weighted by molar-refractivity contribution is 8.13. The molecule has 11 heteroatoms. The van der Waals surface area contributed by atoms with Crippen molar-refractivity contribution in [3.8, 4) is 0 Å². The number of rotatable bonds is 4. The molecule has 2 aliphatic rings. The van der Waals surface area contributed by atoms with E-state index in [2.05, 4.69) is 0 Å². The van der Waals surface area contributed by atoms with Gasteiger partial charge in [0.1, 0.15) is 0 Å². The summed E-state index contributed by atoms with van der Waals surface area (Å²) in [6.07, 6.45) is 3.50. The molecule has 0 atom stereocenters. The fourth-order valence-electron chi connectivity index (χ4n) is 3.10. The second-order valence-corrected chi connectivity index (χ2v) is 14.9. The smallest absolute Gasteiger partial charge is 0.297 e. The van der Waals surface area contributed by atoms with E-state index in [-0.39, 0.29) is 22.0 Å². The lowest BCUT2D eigenvalue weighted by Gasteiger charge is -2.21. The first-order valence-electron chi connectivity index (χ1n) is 11.3. The minimum atomic E-state index is -3.59. The van der Waals surface area contributed by atoms with E-state index in [9.17, 15) is 16.8 Å². The predicted molar refractivity (Wildman–Crippen MR) is 147 cm³/mol. The fraction of sp³-hybridized carbons (Fsp3) is 0.500. The molecule has 2 heterocycles. The number of aryl methyl sites for hydroxylation is 2. The van der Waals surface area contributed by atoms with Gasteiger partial charge in [0.2, 0.25) is 0 Å². The number of aliphatic hydroxyl groups is 1. The van der Waals surface area contributed by atoms with Gasteiger partial charge in [-0.05, 0) is 86.8 Å². The molecule has 1 N–H and O–H groups in total. The molecule has 0 aliphatic carbocycles. The highest BCUT2D eigenvalue weighted by Crippen LogP contribution is 2.24. The van der Waals surface area contributed by atoms with Crippen LogP contribution in [0.1, 0.15) is 36.8 Å². The third-order valence-electron chi connectivity index (χ3n) is 5.23. The molecule has 0 amide bonds. The van der Waals surface area contributed by atoms with Gasteiger partial charge in [0.15, 0.2) is 0 Å². The summed E-state index contributed by atoms with van der Waals surface area (Å²) in [5.74, 6) is 4.27. The average molecular weight is 581 g/mol. The van der Waals surface area contributed by atoms with Crippen LogP contribution < -0.4 is 0 Å². The van der Waals surface area contributed by atoms with Crippen LogP contribution in [0.3, 0.4) is 0 Å². The van der Waals surface area contributed by atoms with E-state index in [1.54, 1.807) is 36.4 Å². The molecule has 6 nitrogen and oxygen atoms in total. The molecule has 196 valence electrons. The van der Waals surface area contributed by atoms with Crippen molar-refractivity contribution in [2.45, 2.75) is 61.5 Å². The predicted octanol–water partition coefficient (Wildman–Crippen LogP) is 5.39. The van der Waals surface area contributed by atoms with Crippen molar-refractivity contribution in [1.29, 1.82) is 0 Å². The Kier molecular flexibility index (Phi) is 12.9. The van der Waals surface area contributed by atoms with Crippen LogP contribution in [0.2, 0.25) is 0 Å². The first kappa shape index (κ1) is 30.5. The maximum Gasteiger partial charge on any atom is 0.297 e. The molecule has 2 fully saturated rings. The third kappa shape index (κ3) is 11.9. The van der Waals surface area contributed by atoms with Crippen LogP contribution in [0.15, 0.2) is 58.3 Å². The molecule has 0 spiro atoms. The maximum absolute atomic E-state index is 12.0. The van der Waals surface area contributed by atoms with Crippen molar-refractivity contribution < 1.29 is 26.1 Å². The van der Waals surface area contributed by atoms with Gasteiger partial charge < -0.3 is 5.11 Å². The first-order valence-corrected chi connectivity index (χ1v) is 17.3. The number of hydrogen-bond acceptors (Lipinski definition) is 8. The van der Waals surface area contributed by atoms with Gasteiger partial charge in [-0.15, -0.1) is 0 Å². The van der Waals surface area contributed by atoms with E-state index >= 15 is 0 Å². The monoisotopic (exact) mass is 580 g/mol. The highest BCUT2D eigenvalue weighted by Gasteiger charge is 2.23. The van der Waals surface area contributed by atoms with Gasteiger partial charge in [0.25, 0.3) is 19.2 Å². The Bertz CT molecular complexity index is 1090. The third-order valence-corrected chi connectivity index (χ3v) is 10.1. The summed E-state index contributed by atoms with van der Waals surface area (Å²) in [4.78, 5) is 0.395. The Morgan fingerprint density at radius 3 is 1.51 bits per heavy atom. The first-order chi connectivity index (χ1) is 16.5. The highest BCUT2D eigenvalue weighted by atomic mass is 35.7. The van der Waals surface area contributed by atoms with Crippen LogP contribution in [-0.4, -0.2) is 57.2 Å². The van der Waals surface area contributed by atoms with Crippen molar-refractivity contribution in [1.82, 2.24) is 0 Å². The van der Waals surface area contributed by atoms with E-state index in [1.165, 1.54) is 12.1 Å². The largest absolute Gasteiger partial charge is 0.393 e. The molecule has 2 aromatic rings. The molecule has 2 aliphatic heterocycles. The van der Waals surface area contributed by atoms with Crippen molar-refractivity contribution in [2.24, 2.45) is 0 Å². The molecular formula is C24H33ClO6S4. The van der Waals surface area contributed by atoms with Crippen molar-refractivity contribution in [2.75, 3.05) is 23.0 Å². The minimum Gasteiger partial charge on any atom is -0.393 e. The summed E-state index contributed by atoms with van der Waals surface area (Å²) in [5.41, 5.74) is 2.05. The number of thioether (sulfide) groups is 2. The zero-order valence-corrected chi connectivity index (χ0v) is 24.0. The molecule has 2 aromatic carbocycles. The van der Waals surface area contributed by atoms with E-state index in [0.29, 0.717) is 0 Å². The lowest BCUT2D eigenvalue weighted by Crippen LogP contribution is -2.23. The molecule has 2 saturated heterocycles. The number of halogens is 1. The molecule has 4 rings (SSSR count). The molecule has 0 unspecified atom stereocenters. The zero-order valence-electron chi connectivity index (χ0n) is 19.9. The van der Waals surface area contributed by atoms with Crippen molar-refractivity contribution in [3.05, 3.63) is 59.7 Å². The van der Waals surface area contributed by atoms with E-state index < -0.39 is 19.2 Å². The minimum absolute atomic E-state index is 0.0150. The van der Waals surface area contributed by atoms with Crippen LogP contribution in [0.25, 0.3) is 0 Å². The summed E-state index contributed by atoms with van der Waals surface area (Å²) < 4.78 is 50.6. The van der Waals surface area contributed by atoms with E-state index in [1.807, 2.05) is 37.4 Å². The van der Waals surface area contributed by atoms with E-state index in [0.717, 1.165) is 59.8 Å². The lowest BCUT2D eigenvalue weighted by molar-refractivity contribution is 0.166. The second kappa shape index (κ2) is 14.9. The van der Waals surface area contributed by atoms with Gasteiger partial charge in [-0.2, -0.15) is 31.9 Å². The Labute approximate surface area is 222 Å². The Morgan fingerprint density at radius 1 is 0.743 bits per heavy atom. The van der Waals surface area contributed by atoms with Crippen LogP contribution in [-0.2, 0) is 23.4 Å². The quantitative estimate of drug-likeness (QED) is 0.379. The SMILES string of the molecule is Cc1ccc(S(=O)(=O)Cl)cc1.Cc1ccc(S(=O)(=O)OC2CCSCC2)cc1.OC1CCSCC1. The standard InChI is InChI=1S/C12H16O3S2.C7H7ClO2S.C5H10OS/c1-10-2-4-12(5-3-10)17(13,14)15-11-6-8-16-9-7-11;1-6-2-4-7(5-3-6)11(8,9)10;6-5-1-3-7-4-2-5/h2-5,11H,6-9H2,1H3;2-5H,1H3;5-6H,1-4H2. The number of benzene rings is 2. The number of hydrogen-bond donors (Lipinski definition) is 1. The maximum atomic E-state index is 12.0. The van der Waals surface area contributed by atoms with Crippen LogP contribution in [0.4, 0.5) is 0 Å². The molecule has 0 bridgehead atoms. The summed E-state index contributed by atoms with van der Waals surface area (Å²) in [6, 6.07) is 13.1. The zero-order chi connectivity index (χ0) is 25.9. The number of aliphatic hydroxyl groups excluding tert-OH is 1. The summed E-state index contributed by atoms with van der Waals surface area (Å²) in [7, 11) is -2.05. The fourth-order valence-corrected chi connectivity index (χ4v) is 7.14. The van der Waals surface area contributed by atoms with Gasteiger partial charge in [0.05, 0.1) is 22.0 Å². The molecule has 0 saturated carbocycles. The van der Waals surface area contributed by atoms with Gasteiger partial charge in [-0.1, -0.05) is 35.4 Å². The average Bonchev–Trinajstić information content (AvgIpc) is 2.81. The summed E-state index contributed by atoms with van der Waals surface area (Å²) in [6.45, 7) is 3.81. The summed E-state index contributed by atoms with van der Waals surface area (Å²) in [5, 5.41) is 8.90. The molecule has 35 heavy (non-hydrogen) atoms. The molecule has 0 radical (unpaired) electrons. The van der Waals surface area contributed by atoms with Gasteiger partial charge in [-0.25, -0.2) is 8.42 Å².